The Labute approximate surface area is 121 Å². The minimum absolute atomic E-state index is 0.612. The summed E-state index contributed by atoms with van der Waals surface area (Å²) < 4.78 is 6.52. The minimum atomic E-state index is 0.612. The molecule has 2 aromatic rings. The SMILES string of the molecule is CCOc1cc(Br)cc(Cc2ccccc2)c1Cl. The summed E-state index contributed by atoms with van der Waals surface area (Å²) in [7, 11) is 0. The van der Waals surface area contributed by atoms with E-state index in [9.17, 15) is 0 Å². The molecule has 0 unspecified atom stereocenters. The van der Waals surface area contributed by atoms with Crippen LogP contribution < -0.4 is 4.74 Å². The fourth-order valence-corrected chi connectivity index (χ4v) is 2.54. The zero-order valence-electron chi connectivity index (χ0n) is 10.1. The third-order valence-electron chi connectivity index (χ3n) is 2.62. The highest BCUT2D eigenvalue weighted by molar-refractivity contribution is 9.10. The second-order valence-corrected chi connectivity index (χ2v) is 5.27. The number of hydrogen-bond donors (Lipinski definition) is 0. The molecule has 0 saturated heterocycles. The third kappa shape index (κ3) is 3.27. The highest BCUT2D eigenvalue weighted by atomic mass is 79.9. The number of halogens is 2. The van der Waals surface area contributed by atoms with Gasteiger partial charge in [-0.3, -0.25) is 0 Å². The lowest BCUT2D eigenvalue weighted by Gasteiger charge is -2.11. The zero-order chi connectivity index (χ0) is 13.0. The van der Waals surface area contributed by atoms with E-state index < -0.39 is 0 Å². The van der Waals surface area contributed by atoms with Gasteiger partial charge in [0, 0.05) is 4.47 Å². The van der Waals surface area contributed by atoms with Gasteiger partial charge in [0.15, 0.2) is 0 Å². The van der Waals surface area contributed by atoms with Crippen molar-refractivity contribution < 1.29 is 4.74 Å². The van der Waals surface area contributed by atoms with Crippen LogP contribution in [0.4, 0.5) is 0 Å². The van der Waals surface area contributed by atoms with E-state index in [1.807, 2.05) is 37.3 Å². The molecule has 0 fully saturated rings. The van der Waals surface area contributed by atoms with Crippen LogP contribution in [-0.4, -0.2) is 6.61 Å². The van der Waals surface area contributed by atoms with Gasteiger partial charge >= 0.3 is 0 Å². The molecule has 0 spiro atoms. The molecule has 0 aliphatic carbocycles. The normalized spacial score (nSPS) is 10.4. The highest BCUT2D eigenvalue weighted by Crippen LogP contribution is 2.33. The molecule has 0 radical (unpaired) electrons. The molecule has 18 heavy (non-hydrogen) atoms. The average Bonchev–Trinajstić information content (AvgIpc) is 2.36. The Morgan fingerprint density at radius 2 is 1.89 bits per heavy atom. The Kier molecular flexibility index (Phi) is 4.67. The van der Waals surface area contributed by atoms with Gasteiger partial charge in [-0.25, -0.2) is 0 Å². The molecule has 0 atom stereocenters. The van der Waals surface area contributed by atoms with Crippen molar-refractivity contribution >= 4 is 27.5 Å². The molecule has 94 valence electrons. The Morgan fingerprint density at radius 3 is 2.56 bits per heavy atom. The summed E-state index contributed by atoms with van der Waals surface area (Å²) in [6.45, 7) is 2.56. The lowest BCUT2D eigenvalue weighted by molar-refractivity contribution is 0.340. The lowest BCUT2D eigenvalue weighted by Crippen LogP contribution is -1.96. The fraction of sp³-hybridized carbons (Fsp3) is 0.200. The van der Waals surface area contributed by atoms with Crippen LogP contribution in [0.3, 0.4) is 0 Å². The average molecular weight is 326 g/mol. The molecule has 0 N–H and O–H groups in total. The first-order valence-electron chi connectivity index (χ1n) is 5.85. The van der Waals surface area contributed by atoms with Gasteiger partial charge in [0.1, 0.15) is 5.75 Å². The van der Waals surface area contributed by atoms with Crippen LogP contribution in [-0.2, 0) is 6.42 Å². The van der Waals surface area contributed by atoms with Crippen LogP contribution in [0.15, 0.2) is 46.9 Å². The van der Waals surface area contributed by atoms with Gasteiger partial charge in [0.05, 0.1) is 11.6 Å². The van der Waals surface area contributed by atoms with Crippen LogP contribution in [0.1, 0.15) is 18.1 Å². The van der Waals surface area contributed by atoms with E-state index in [-0.39, 0.29) is 0 Å². The Morgan fingerprint density at radius 1 is 1.17 bits per heavy atom. The van der Waals surface area contributed by atoms with E-state index in [2.05, 4.69) is 28.1 Å². The second-order valence-electron chi connectivity index (χ2n) is 3.97. The van der Waals surface area contributed by atoms with Crippen molar-refractivity contribution in [2.45, 2.75) is 13.3 Å². The molecule has 2 aromatic carbocycles. The molecule has 0 bridgehead atoms. The van der Waals surface area contributed by atoms with Crippen LogP contribution in [0.25, 0.3) is 0 Å². The first-order chi connectivity index (χ1) is 8.70. The van der Waals surface area contributed by atoms with Gasteiger partial charge in [0.2, 0.25) is 0 Å². The second kappa shape index (κ2) is 6.26. The summed E-state index contributed by atoms with van der Waals surface area (Å²) in [6.07, 6.45) is 0.805. The van der Waals surface area contributed by atoms with Crippen LogP contribution in [0, 0.1) is 0 Å². The van der Waals surface area contributed by atoms with E-state index in [0.717, 1.165) is 22.2 Å². The van der Waals surface area contributed by atoms with Crippen LogP contribution >= 0.6 is 27.5 Å². The smallest absolute Gasteiger partial charge is 0.139 e. The van der Waals surface area contributed by atoms with Crippen LogP contribution in [0.2, 0.25) is 5.02 Å². The Hall–Kier alpha value is -0.990. The molecular weight excluding hydrogens is 312 g/mol. The number of rotatable bonds is 4. The largest absolute Gasteiger partial charge is 0.492 e. The number of benzene rings is 2. The van der Waals surface area contributed by atoms with E-state index >= 15 is 0 Å². The maximum Gasteiger partial charge on any atom is 0.139 e. The fourth-order valence-electron chi connectivity index (χ4n) is 1.82. The van der Waals surface area contributed by atoms with Gasteiger partial charge in [0.25, 0.3) is 0 Å². The maximum absolute atomic E-state index is 6.36. The molecule has 0 amide bonds. The summed E-state index contributed by atoms with van der Waals surface area (Å²) in [5.74, 6) is 0.736. The van der Waals surface area contributed by atoms with Gasteiger partial charge < -0.3 is 4.74 Å². The monoisotopic (exact) mass is 324 g/mol. The summed E-state index contributed by atoms with van der Waals surface area (Å²) in [5.41, 5.74) is 2.31. The van der Waals surface area contributed by atoms with E-state index in [1.54, 1.807) is 0 Å². The summed E-state index contributed by atoms with van der Waals surface area (Å²) in [6, 6.07) is 14.2. The Balaban J connectivity index is 2.33. The van der Waals surface area contributed by atoms with Crippen molar-refractivity contribution in [3.8, 4) is 5.75 Å². The highest BCUT2D eigenvalue weighted by Gasteiger charge is 2.09. The van der Waals surface area contributed by atoms with Crippen molar-refractivity contribution in [2.24, 2.45) is 0 Å². The summed E-state index contributed by atoms with van der Waals surface area (Å²) in [5, 5.41) is 0.698. The zero-order valence-corrected chi connectivity index (χ0v) is 12.5. The van der Waals surface area contributed by atoms with Gasteiger partial charge in [-0.1, -0.05) is 57.9 Å². The van der Waals surface area contributed by atoms with Crippen molar-refractivity contribution in [1.82, 2.24) is 0 Å². The molecule has 1 nitrogen and oxygen atoms in total. The molecule has 0 aromatic heterocycles. The summed E-state index contributed by atoms with van der Waals surface area (Å²) >= 11 is 9.86. The summed E-state index contributed by atoms with van der Waals surface area (Å²) in [4.78, 5) is 0. The molecular formula is C15H14BrClO. The number of hydrogen-bond acceptors (Lipinski definition) is 1. The van der Waals surface area contributed by atoms with Gasteiger partial charge in [-0.2, -0.15) is 0 Å². The molecule has 0 heterocycles. The number of ether oxygens (including phenoxy) is 1. The molecule has 0 aliphatic heterocycles. The molecule has 0 aliphatic rings. The first kappa shape index (κ1) is 13.4. The molecule has 2 rings (SSSR count). The quantitative estimate of drug-likeness (QED) is 0.760. The maximum atomic E-state index is 6.36. The molecule has 3 heteroatoms. The third-order valence-corrected chi connectivity index (χ3v) is 3.50. The minimum Gasteiger partial charge on any atom is -0.492 e. The first-order valence-corrected chi connectivity index (χ1v) is 7.02. The van der Waals surface area contributed by atoms with Crippen LogP contribution in [0.5, 0.6) is 5.75 Å². The topological polar surface area (TPSA) is 9.23 Å². The Bertz CT molecular complexity index is 526. The standard InChI is InChI=1S/C15H14BrClO/c1-2-18-14-10-13(16)9-12(15(14)17)8-11-6-4-3-5-7-11/h3-7,9-10H,2,8H2,1H3. The van der Waals surface area contributed by atoms with Crippen molar-refractivity contribution in [2.75, 3.05) is 6.61 Å². The predicted octanol–water partition coefficient (Wildman–Crippen LogP) is 5.09. The predicted molar refractivity (Wildman–Crippen MR) is 79.6 cm³/mol. The van der Waals surface area contributed by atoms with Gasteiger partial charge in [-0.05, 0) is 36.6 Å². The molecule has 0 saturated carbocycles. The lowest BCUT2D eigenvalue weighted by atomic mass is 10.0. The van der Waals surface area contributed by atoms with E-state index in [1.165, 1.54) is 5.56 Å². The van der Waals surface area contributed by atoms with E-state index in [4.69, 9.17) is 16.3 Å². The van der Waals surface area contributed by atoms with Crippen molar-refractivity contribution in [3.05, 3.63) is 63.1 Å². The van der Waals surface area contributed by atoms with Crippen molar-refractivity contribution in [3.63, 3.8) is 0 Å². The van der Waals surface area contributed by atoms with Crippen molar-refractivity contribution in [1.29, 1.82) is 0 Å². The van der Waals surface area contributed by atoms with Gasteiger partial charge in [-0.15, -0.1) is 0 Å². The van der Waals surface area contributed by atoms with E-state index in [0.29, 0.717) is 11.6 Å².